The van der Waals surface area contributed by atoms with E-state index in [0.29, 0.717) is 0 Å². The molecule has 112 valence electrons. The second-order valence-electron chi connectivity index (χ2n) is 5.66. The smallest absolute Gasteiger partial charge is 0.119 e. The van der Waals surface area contributed by atoms with Crippen LogP contribution in [0.1, 0.15) is 25.8 Å². The summed E-state index contributed by atoms with van der Waals surface area (Å²) >= 11 is 0. The van der Waals surface area contributed by atoms with Crippen LogP contribution in [0.5, 0.6) is 5.75 Å². The highest BCUT2D eigenvalue weighted by molar-refractivity contribution is 5.27. The van der Waals surface area contributed by atoms with Gasteiger partial charge in [0.1, 0.15) is 12.4 Å². The summed E-state index contributed by atoms with van der Waals surface area (Å²) in [5, 5.41) is 0. The highest BCUT2D eigenvalue weighted by Crippen LogP contribution is 2.16. The topological polar surface area (TPSA) is 21.7 Å². The number of hydrogen-bond donors (Lipinski definition) is 0. The molecule has 1 saturated heterocycles. The molecule has 1 fully saturated rings. The molecule has 0 amide bonds. The predicted molar refractivity (Wildman–Crippen MR) is 82.4 cm³/mol. The molecule has 0 aliphatic carbocycles. The first-order valence-corrected chi connectivity index (χ1v) is 7.79. The fourth-order valence-electron chi connectivity index (χ4n) is 2.39. The van der Waals surface area contributed by atoms with Crippen molar-refractivity contribution in [2.24, 2.45) is 5.92 Å². The van der Waals surface area contributed by atoms with E-state index in [1.54, 1.807) is 0 Å². The molecule has 3 nitrogen and oxygen atoms in total. The van der Waals surface area contributed by atoms with Crippen molar-refractivity contribution in [3.8, 4) is 5.75 Å². The van der Waals surface area contributed by atoms with Crippen molar-refractivity contribution in [2.45, 2.75) is 26.7 Å². The summed E-state index contributed by atoms with van der Waals surface area (Å²) in [6.07, 6.45) is 2.39. The van der Waals surface area contributed by atoms with Gasteiger partial charge in [0.15, 0.2) is 0 Å². The van der Waals surface area contributed by atoms with Crippen LogP contribution >= 0.6 is 0 Å². The lowest BCUT2D eigenvalue weighted by Crippen LogP contribution is -2.38. The van der Waals surface area contributed by atoms with Crippen molar-refractivity contribution in [3.05, 3.63) is 29.8 Å². The Bertz CT molecular complexity index is 371. The zero-order valence-corrected chi connectivity index (χ0v) is 12.8. The molecule has 3 heteroatoms. The third-order valence-electron chi connectivity index (χ3n) is 3.98. The van der Waals surface area contributed by atoms with Crippen molar-refractivity contribution in [1.29, 1.82) is 0 Å². The minimum Gasteiger partial charge on any atom is -0.492 e. The van der Waals surface area contributed by atoms with Gasteiger partial charge in [0.25, 0.3) is 0 Å². The van der Waals surface area contributed by atoms with E-state index in [1.807, 2.05) is 0 Å². The first-order chi connectivity index (χ1) is 9.78. The van der Waals surface area contributed by atoms with Crippen molar-refractivity contribution in [1.82, 2.24) is 4.90 Å². The van der Waals surface area contributed by atoms with Gasteiger partial charge in [-0.3, -0.25) is 4.90 Å². The summed E-state index contributed by atoms with van der Waals surface area (Å²) in [4.78, 5) is 2.39. The summed E-state index contributed by atoms with van der Waals surface area (Å²) in [5.74, 6) is 1.73. The molecule has 1 aromatic carbocycles. The SMILES string of the molecule is CCC(C)Cc1ccc(OCCN2CCOCC2)cc1. The molecule has 0 spiro atoms. The first kappa shape index (κ1) is 15.3. The second kappa shape index (κ2) is 8.28. The minimum atomic E-state index is 0.753. The maximum absolute atomic E-state index is 5.81. The van der Waals surface area contributed by atoms with Crippen LogP contribution < -0.4 is 4.74 Å². The molecule has 0 saturated carbocycles. The molecule has 1 atom stereocenters. The Hall–Kier alpha value is -1.06. The normalized spacial score (nSPS) is 17.9. The number of ether oxygens (including phenoxy) is 2. The highest BCUT2D eigenvalue weighted by Gasteiger charge is 2.09. The zero-order valence-electron chi connectivity index (χ0n) is 12.8. The first-order valence-electron chi connectivity index (χ1n) is 7.79. The van der Waals surface area contributed by atoms with Gasteiger partial charge >= 0.3 is 0 Å². The van der Waals surface area contributed by atoms with Crippen LogP contribution in [0.4, 0.5) is 0 Å². The van der Waals surface area contributed by atoms with Crippen LogP contribution in [0.15, 0.2) is 24.3 Å². The van der Waals surface area contributed by atoms with E-state index in [-0.39, 0.29) is 0 Å². The molecule has 1 aromatic rings. The third-order valence-corrected chi connectivity index (χ3v) is 3.98. The van der Waals surface area contributed by atoms with Crippen LogP contribution in [-0.2, 0) is 11.2 Å². The van der Waals surface area contributed by atoms with E-state index >= 15 is 0 Å². The lowest BCUT2D eigenvalue weighted by molar-refractivity contribution is 0.0322. The van der Waals surface area contributed by atoms with Crippen LogP contribution in [-0.4, -0.2) is 44.4 Å². The van der Waals surface area contributed by atoms with Crippen molar-refractivity contribution < 1.29 is 9.47 Å². The average Bonchev–Trinajstić information content (AvgIpc) is 2.50. The number of rotatable bonds is 7. The lowest BCUT2D eigenvalue weighted by atomic mass is 9.99. The van der Waals surface area contributed by atoms with Gasteiger partial charge in [-0.1, -0.05) is 32.4 Å². The summed E-state index contributed by atoms with van der Waals surface area (Å²) in [5.41, 5.74) is 1.40. The molecule has 1 unspecified atom stereocenters. The molecular weight excluding hydrogens is 250 g/mol. The molecule has 0 N–H and O–H groups in total. The van der Waals surface area contributed by atoms with Crippen LogP contribution in [0.3, 0.4) is 0 Å². The second-order valence-corrected chi connectivity index (χ2v) is 5.66. The molecule has 0 bridgehead atoms. The Kier molecular flexibility index (Phi) is 6.34. The number of nitrogens with zero attached hydrogens (tertiary/aromatic N) is 1. The Labute approximate surface area is 122 Å². The quantitative estimate of drug-likeness (QED) is 0.765. The summed E-state index contributed by atoms with van der Waals surface area (Å²) in [6, 6.07) is 8.57. The molecule has 0 radical (unpaired) electrons. The molecule has 1 aliphatic heterocycles. The monoisotopic (exact) mass is 277 g/mol. The molecule has 1 heterocycles. The summed E-state index contributed by atoms with van der Waals surface area (Å²) in [7, 11) is 0. The predicted octanol–water partition coefficient (Wildman–Crippen LogP) is 2.99. The molecule has 0 aromatic heterocycles. The maximum atomic E-state index is 5.81. The van der Waals surface area contributed by atoms with Gasteiger partial charge in [-0.2, -0.15) is 0 Å². The Balaban J connectivity index is 1.70. The maximum Gasteiger partial charge on any atom is 0.119 e. The van der Waals surface area contributed by atoms with Gasteiger partial charge in [-0.15, -0.1) is 0 Å². The highest BCUT2D eigenvalue weighted by atomic mass is 16.5. The number of hydrogen-bond acceptors (Lipinski definition) is 3. The minimum absolute atomic E-state index is 0.753. The molecule has 20 heavy (non-hydrogen) atoms. The van der Waals surface area contributed by atoms with E-state index in [0.717, 1.165) is 57.5 Å². The van der Waals surface area contributed by atoms with E-state index in [2.05, 4.69) is 43.0 Å². The van der Waals surface area contributed by atoms with Crippen LogP contribution in [0.25, 0.3) is 0 Å². The van der Waals surface area contributed by atoms with E-state index in [9.17, 15) is 0 Å². The van der Waals surface area contributed by atoms with E-state index in [4.69, 9.17) is 9.47 Å². The fourth-order valence-corrected chi connectivity index (χ4v) is 2.39. The molecule has 2 rings (SSSR count). The van der Waals surface area contributed by atoms with Gasteiger partial charge < -0.3 is 9.47 Å². The Morgan fingerprint density at radius 2 is 1.90 bits per heavy atom. The summed E-state index contributed by atoms with van der Waals surface area (Å²) < 4.78 is 11.1. The summed E-state index contributed by atoms with van der Waals surface area (Å²) in [6.45, 7) is 10.0. The Morgan fingerprint density at radius 3 is 2.55 bits per heavy atom. The van der Waals surface area contributed by atoms with Crippen LogP contribution in [0, 0.1) is 5.92 Å². The van der Waals surface area contributed by atoms with Gasteiger partial charge in [0.05, 0.1) is 13.2 Å². The largest absolute Gasteiger partial charge is 0.492 e. The van der Waals surface area contributed by atoms with Gasteiger partial charge in [-0.05, 0) is 30.0 Å². The molecule has 1 aliphatic rings. The standard InChI is InChI=1S/C17H27NO2/c1-3-15(2)14-16-4-6-17(7-5-16)20-13-10-18-8-11-19-12-9-18/h4-7,15H,3,8-14H2,1-2H3. The fraction of sp³-hybridized carbons (Fsp3) is 0.647. The van der Waals surface area contributed by atoms with E-state index < -0.39 is 0 Å². The van der Waals surface area contributed by atoms with Crippen molar-refractivity contribution in [3.63, 3.8) is 0 Å². The number of benzene rings is 1. The third kappa shape index (κ3) is 5.14. The van der Waals surface area contributed by atoms with Crippen molar-refractivity contribution >= 4 is 0 Å². The molecular formula is C17H27NO2. The van der Waals surface area contributed by atoms with Crippen molar-refractivity contribution in [2.75, 3.05) is 39.5 Å². The van der Waals surface area contributed by atoms with Gasteiger partial charge in [0.2, 0.25) is 0 Å². The Morgan fingerprint density at radius 1 is 1.20 bits per heavy atom. The van der Waals surface area contributed by atoms with E-state index in [1.165, 1.54) is 12.0 Å². The lowest BCUT2D eigenvalue weighted by Gasteiger charge is -2.26. The number of morpholine rings is 1. The van der Waals surface area contributed by atoms with Gasteiger partial charge in [0, 0.05) is 19.6 Å². The average molecular weight is 277 g/mol. The zero-order chi connectivity index (χ0) is 14.2. The van der Waals surface area contributed by atoms with Gasteiger partial charge in [-0.25, -0.2) is 0 Å². The van der Waals surface area contributed by atoms with Crippen LogP contribution in [0.2, 0.25) is 0 Å².